The maximum atomic E-state index is 10.7. The molecule has 0 aromatic carbocycles. The molecule has 4 aliphatic carbocycles. The first kappa shape index (κ1) is 23.0. The third-order valence-corrected chi connectivity index (χ3v) is 9.54. The Labute approximate surface area is 183 Å². The molecule has 0 saturated heterocycles. The molecule has 4 heteroatoms. The van der Waals surface area contributed by atoms with E-state index in [0.29, 0.717) is 23.7 Å². The molecule has 6 unspecified atom stereocenters. The SMILES string of the molecule is OC1CCC(CC2CC(C3CCC(O)C(CC4CCC(O)CC4)C3)CCC2O)CC1. The highest BCUT2D eigenvalue weighted by Crippen LogP contribution is 2.46. The lowest BCUT2D eigenvalue weighted by atomic mass is 9.64. The molecule has 0 bridgehead atoms. The second-order valence-electron chi connectivity index (χ2n) is 11.6. The van der Waals surface area contributed by atoms with Crippen LogP contribution in [0.15, 0.2) is 0 Å². The van der Waals surface area contributed by atoms with Crippen molar-refractivity contribution in [2.24, 2.45) is 35.5 Å². The minimum atomic E-state index is -0.133. The van der Waals surface area contributed by atoms with Gasteiger partial charge in [0.15, 0.2) is 0 Å². The fourth-order valence-corrected chi connectivity index (χ4v) is 7.55. The van der Waals surface area contributed by atoms with E-state index in [1.807, 2.05) is 0 Å². The standard InChI is InChI=1S/C26H46O4/c27-23-7-1-17(2-8-23)13-21-15-19(5-11-25(21)29)20-6-12-26(30)22(16-20)14-18-3-9-24(28)10-4-18/h17-30H,1-16H2. The van der Waals surface area contributed by atoms with Crippen molar-refractivity contribution >= 4 is 0 Å². The van der Waals surface area contributed by atoms with Gasteiger partial charge in [0.1, 0.15) is 0 Å². The molecule has 30 heavy (non-hydrogen) atoms. The van der Waals surface area contributed by atoms with E-state index in [0.717, 1.165) is 102 Å². The third kappa shape index (κ3) is 5.99. The first-order valence-electron chi connectivity index (χ1n) is 13.2. The number of aliphatic hydroxyl groups is 4. The van der Waals surface area contributed by atoms with Gasteiger partial charge in [0.25, 0.3) is 0 Å². The average Bonchev–Trinajstić information content (AvgIpc) is 2.74. The van der Waals surface area contributed by atoms with Crippen LogP contribution in [0.2, 0.25) is 0 Å². The second kappa shape index (κ2) is 10.6. The molecular formula is C26H46O4. The van der Waals surface area contributed by atoms with E-state index >= 15 is 0 Å². The molecule has 6 atom stereocenters. The summed E-state index contributed by atoms with van der Waals surface area (Å²) >= 11 is 0. The Morgan fingerprint density at radius 2 is 0.800 bits per heavy atom. The fourth-order valence-electron chi connectivity index (χ4n) is 7.55. The number of aliphatic hydroxyl groups excluding tert-OH is 4. The van der Waals surface area contributed by atoms with Gasteiger partial charge in [0, 0.05) is 0 Å². The highest BCUT2D eigenvalue weighted by molar-refractivity contribution is 4.90. The maximum absolute atomic E-state index is 10.7. The molecule has 4 nitrogen and oxygen atoms in total. The van der Waals surface area contributed by atoms with Crippen molar-refractivity contribution in [3.8, 4) is 0 Å². The zero-order valence-corrected chi connectivity index (χ0v) is 18.9. The van der Waals surface area contributed by atoms with Crippen LogP contribution in [0.1, 0.15) is 103 Å². The molecule has 0 aliphatic heterocycles. The summed E-state index contributed by atoms with van der Waals surface area (Å²) in [6.45, 7) is 0. The van der Waals surface area contributed by atoms with E-state index in [-0.39, 0.29) is 24.4 Å². The van der Waals surface area contributed by atoms with Gasteiger partial charge in [-0.2, -0.15) is 0 Å². The molecule has 0 amide bonds. The molecule has 174 valence electrons. The smallest absolute Gasteiger partial charge is 0.0568 e. The lowest BCUT2D eigenvalue weighted by Crippen LogP contribution is -2.38. The molecule has 0 aromatic heterocycles. The van der Waals surface area contributed by atoms with Crippen LogP contribution in [0.4, 0.5) is 0 Å². The van der Waals surface area contributed by atoms with Gasteiger partial charge in [0.2, 0.25) is 0 Å². The highest BCUT2D eigenvalue weighted by Gasteiger charge is 2.39. The lowest BCUT2D eigenvalue weighted by molar-refractivity contribution is -0.0197. The summed E-state index contributed by atoms with van der Waals surface area (Å²) in [5.41, 5.74) is 0. The van der Waals surface area contributed by atoms with Crippen LogP contribution in [0, 0.1) is 35.5 Å². The summed E-state index contributed by atoms with van der Waals surface area (Å²) in [7, 11) is 0. The predicted octanol–water partition coefficient (Wildman–Crippen LogP) is 4.42. The van der Waals surface area contributed by atoms with E-state index in [4.69, 9.17) is 0 Å². The Bertz CT molecular complexity index is 463. The molecule has 0 heterocycles. The Hall–Kier alpha value is -0.160. The Balaban J connectivity index is 1.29. The van der Waals surface area contributed by atoms with Gasteiger partial charge < -0.3 is 20.4 Å². The van der Waals surface area contributed by atoms with Gasteiger partial charge >= 0.3 is 0 Å². The first-order chi connectivity index (χ1) is 14.5. The summed E-state index contributed by atoms with van der Waals surface area (Å²) < 4.78 is 0. The van der Waals surface area contributed by atoms with Crippen LogP contribution >= 0.6 is 0 Å². The molecule has 4 rings (SSSR count). The Morgan fingerprint density at radius 3 is 1.17 bits per heavy atom. The minimum Gasteiger partial charge on any atom is -0.393 e. The monoisotopic (exact) mass is 422 g/mol. The van der Waals surface area contributed by atoms with E-state index in [2.05, 4.69) is 0 Å². The highest BCUT2D eigenvalue weighted by atomic mass is 16.3. The molecule has 0 radical (unpaired) electrons. The largest absolute Gasteiger partial charge is 0.393 e. The van der Waals surface area contributed by atoms with E-state index in [9.17, 15) is 20.4 Å². The summed E-state index contributed by atoms with van der Waals surface area (Å²) in [6.07, 6.45) is 16.7. The summed E-state index contributed by atoms with van der Waals surface area (Å²) in [5.74, 6) is 3.69. The maximum Gasteiger partial charge on any atom is 0.0568 e. The fraction of sp³-hybridized carbons (Fsp3) is 1.00. The quantitative estimate of drug-likeness (QED) is 0.529. The molecule has 0 spiro atoms. The van der Waals surface area contributed by atoms with Crippen LogP contribution in [-0.2, 0) is 0 Å². The normalized spacial score (nSPS) is 48.4. The molecule has 4 saturated carbocycles. The number of hydrogen-bond donors (Lipinski definition) is 4. The Morgan fingerprint density at radius 1 is 0.433 bits per heavy atom. The van der Waals surface area contributed by atoms with Crippen LogP contribution in [0.5, 0.6) is 0 Å². The topological polar surface area (TPSA) is 80.9 Å². The van der Waals surface area contributed by atoms with Crippen molar-refractivity contribution < 1.29 is 20.4 Å². The minimum absolute atomic E-state index is 0.0942. The second-order valence-corrected chi connectivity index (χ2v) is 11.6. The van der Waals surface area contributed by atoms with Gasteiger partial charge in [-0.15, -0.1) is 0 Å². The van der Waals surface area contributed by atoms with E-state index in [1.165, 1.54) is 12.8 Å². The summed E-state index contributed by atoms with van der Waals surface area (Å²) in [6, 6.07) is 0. The molecule has 0 aromatic rings. The van der Waals surface area contributed by atoms with Crippen molar-refractivity contribution in [1.82, 2.24) is 0 Å². The molecule has 4 aliphatic rings. The first-order valence-corrected chi connectivity index (χ1v) is 13.2. The summed E-state index contributed by atoms with van der Waals surface area (Å²) in [4.78, 5) is 0. The van der Waals surface area contributed by atoms with E-state index in [1.54, 1.807) is 0 Å². The molecule has 4 N–H and O–H groups in total. The lowest BCUT2D eigenvalue weighted by Gasteiger charge is -2.44. The van der Waals surface area contributed by atoms with Crippen molar-refractivity contribution in [2.45, 2.75) is 127 Å². The van der Waals surface area contributed by atoms with Crippen molar-refractivity contribution in [2.75, 3.05) is 0 Å². The zero-order chi connectivity index (χ0) is 21.1. The number of rotatable bonds is 5. The van der Waals surface area contributed by atoms with Gasteiger partial charge in [-0.3, -0.25) is 0 Å². The zero-order valence-electron chi connectivity index (χ0n) is 18.9. The van der Waals surface area contributed by atoms with Crippen LogP contribution in [-0.4, -0.2) is 44.8 Å². The number of hydrogen-bond acceptors (Lipinski definition) is 4. The van der Waals surface area contributed by atoms with Crippen molar-refractivity contribution in [3.05, 3.63) is 0 Å². The van der Waals surface area contributed by atoms with E-state index < -0.39 is 0 Å². The van der Waals surface area contributed by atoms with Gasteiger partial charge in [-0.1, -0.05) is 0 Å². The average molecular weight is 423 g/mol. The van der Waals surface area contributed by atoms with Crippen LogP contribution in [0.3, 0.4) is 0 Å². The molecule has 4 fully saturated rings. The van der Waals surface area contributed by atoms with Crippen LogP contribution in [0.25, 0.3) is 0 Å². The van der Waals surface area contributed by atoms with Gasteiger partial charge in [0.05, 0.1) is 24.4 Å². The molecular weight excluding hydrogens is 376 g/mol. The van der Waals surface area contributed by atoms with Crippen molar-refractivity contribution in [3.63, 3.8) is 0 Å². The Kier molecular flexibility index (Phi) is 8.16. The van der Waals surface area contributed by atoms with Gasteiger partial charge in [-0.25, -0.2) is 0 Å². The third-order valence-electron chi connectivity index (χ3n) is 9.54. The van der Waals surface area contributed by atoms with Gasteiger partial charge in [-0.05, 0) is 138 Å². The van der Waals surface area contributed by atoms with Crippen molar-refractivity contribution in [1.29, 1.82) is 0 Å². The predicted molar refractivity (Wildman–Crippen MR) is 119 cm³/mol. The van der Waals surface area contributed by atoms with Crippen LogP contribution < -0.4 is 0 Å². The summed E-state index contributed by atoms with van der Waals surface area (Å²) in [5, 5.41) is 41.0.